The third kappa shape index (κ3) is 4.03. The number of carbonyl (C=O) groups excluding carboxylic acids is 3. The Morgan fingerprint density at radius 3 is 2.12 bits per heavy atom. The van der Waals surface area contributed by atoms with Crippen LogP contribution in [0.3, 0.4) is 0 Å². The van der Waals surface area contributed by atoms with Crippen molar-refractivity contribution in [3.63, 3.8) is 0 Å². The van der Waals surface area contributed by atoms with Crippen molar-refractivity contribution in [1.29, 1.82) is 0 Å². The van der Waals surface area contributed by atoms with Crippen molar-refractivity contribution in [1.82, 2.24) is 15.1 Å². The summed E-state index contributed by atoms with van der Waals surface area (Å²) < 4.78 is 0. The minimum Gasteiger partial charge on any atom is -0.346 e. The molecule has 0 aromatic heterocycles. The standard InChI is InChI=1S/C10H18N4O3/c1-8(15)13-2-4-14(5-3-13)10(17)7-12-9(16)6-11/h2-7,11H2,1H3,(H,12,16). The van der Waals surface area contributed by atoms with E-state index in [1.165, 1.54) is 6.92 Å². The first-order valence-electron chi connectivity index (χ1n) is 5.54. The number of nitrogens with two attached hydrogens (primary N) is 1. The number of hydrogen-bond acceptors (Lipinski definition) is 4. The molecule has 7 heteroatoms. The van der Waals surface area contributed by atoms with E-state index in [9.17, 15) is 14.4 Å². The molecule has 17 heavy (non-hydrogen) atoms. The van der Waals surface area contributed by atoms with Crippen molar-refractivity contribution in [2.24, 2.45) is 5.73 Å². The van der Waals surface area contributed by atoms with E-state index in [0.29, 0.717) is 26.2 Å². The number of carbonyl (C=O) groups is 3. The minimum absolute atomic E-state index is 0.0218. The molecule has 0 saturated carbocycles. The van der Waals surface area contributed by atoms with Gasteiger partial charge in [0.05, 0.1) is 13.1 Å². The summed E-state index contributed by atoms with van der Waals surface area (Å²) in [6.07, 6.45) is 0. The molecule has 0 unspecified atom stereocenters. The Morgan fingerprint density at radius 1 is 1.12 bits per heavy atom. The fourth-order valence-electron chi connectivity index (χ4n) is 1.63. The van der Waals surface area contributed by atoms with Crippen LogP contribution < -0.4 is 11.1 Å². The number of hydrogen-bond donors (Lipinski definition) is 2. The molecule has 1 heterocycles. The first-order valence-corrected chi connectivity index (χ1v) is 5.54. The molecule has 0 aromatic carbocycles. The van der Waals surface area contributed by atoms with Gasteiger partial charge in [-0.2, -0.15) is 0 Å². The quantitative estimate of drug-likeness (QED) is 0.584. The molecule has 96 valence electrons. The number of piperazine rings is 1. The SMILES string of the molecule is CC(=O)N1CCN(C(=O)CNC(=O)CN)CC1. The molecule has 0 spiro atoms. The maximum atomic E-state index is 11.7. The Hall–Kier alpha value is -1.63. The molecule has 0 aliphatic carbocycles. The van der Waals surface area contributed by atoms with Gasteiger partial charge in [0.25, 0.3) is 0 Å². The van der Waals surface area contributed by atoms with Crippen LogP contribution in [-0.2, 0) is 14.4 Å². The lowest BCUT2D eigenvalue weighted by molar-refractivity contribution is -0.138. The Kier molecular flexibility index (Phi) is 4.89. The van der Waals surface area contributed by atoms with Crippen LogP contribution >= 0.6 is 0 Å². The maximum Gasteiger partial charge on any atom is 0.242 e. The number of nitrogens with zero attached hydrogens (tertiary/aromatic N) is 2. The lowest BCUT2D eigenvalue weighted by Crippen LogP contribution is -2.52. The Balaban J connectivity index is 2.31. The van der Waals surface area contributed by atoms with E-state index in [0.717, 1.165) is 0 Å². The van der Waals surface area contributed by atoms with E-state index in [1.807, 2.05) is 0 Å². The zero-order valence-corrected chi connectivity index (χ0v) is 9.94. The van der Waals surface area contributed by atoms with Crippen molar-refractivity contribution < 1.29 is 14.4 Å². The Morgan fingerprint density at radius 2 is 1.65 bits per heavy atom. The Labute approximate surface area is 99.9 Å². The maximum absolute atomic E-state index is 11.7. The smallest absolute Gasteiger partial charge is 0.242 e. The zero-order chi connectivity index (χ0) is 12.8. The average Bonchev–Trinajstić information content (AvgIpc) is 2.35. The second kappa shape index (κ2) is 6.19. The highest BCUT2D eigenvalue weighted by atomic mass is 16.2. The van der Waals surface area contributed by atoms with E-state index < -0.39 is 0 Å². The Bertz CT molecular complexity index is 311. The summed E-state index contributed by atoms with van der Waals surface area (Å²) in [4.78, 5) is 37.0. The first kappa shape index (κ1) is 13.4. The monoisotopic (exact) mass is 242 g/mol. The molecule has 1 saturated heterocycles. The molecule has 1 aliphatic rings. The third-order valence-electron chi connectivity index (χ3n) is 2.70. The fraction of sp³-hybridized carbons (Fsp3) is 0.700. The van der Waals surface area contributed by atoms with Gasteiger partial charge in [0.15, 0.2) is 0 Å². The van der Waals surface area contributed by atoms with Crippen LogP contribution in [0.1, 0.15) is 6.92 Å². The molecule has 1 fully saturated rings. The predicted octanol–water partition coefficient (Wildman–Crippen LogP) is -2.25. The highest BCUT2D eigenvalue weighted by Crippen LogP contribution is 2.01. The molecule has 0 aromatic rings. The predicted molar refractivity (Wildman–Crippen MR) is 60.9 cm³/mol. The van der Waals surface area contributed by atoms with Crippen molar-refractivity contribution in [3.05, 3.63) is 0 Å². The fourth-order valence-corrected chi connectivity index (χ4v) is 1.63. The van der Waals surface area contributed by atoms with Crippen LogP contribution in [0.25, 0.3) is 0 Å². The lowest BCUT2D eigenvalue weighted by Gasteiger charge is -2.34. The van der Waals surface area contributed by atoms with Gasteiger partial charge < -0.3 is 20.9 Å². The molecule has 0 radical (unpaired) electrons. The summed E-state index contributed by atoms with van der Waals surface area (Å²) in [6, 6.07) is 0. The van der Waals surface area contributed by atoms with Crippen molar-refractivity contribution >= 4 is 17.7 Å². The number of amides is 3. The summed E-state index contributed by atoms with van der Waals surface area (Å²) >= 11 is 0. The van der Waals surface area contributed by atoms with Crippen LogP contribution in [0.15, 0.2) is 0 Å². The van der Waals surface area contributed by atoms with Crippen molar-refractivity contribution in [3.8, 4) is 0 Å². The highest BCUT2D eigenvalue weighted by molar-refractivity contribution is 5.85. The van der Waals surface area contributed by atoms with Gasteiger partial charge >= 0.3 is 0 Å². The summed E-state index contributed by atoms with van der Waals surface area (Å²) in [5.41, 5.74) is 5.11. The van der Waals surface area contributed by atoms with Crippen LogP contribution in [0.4, 0.5) is 0 Å². The average molecular weight is 242 g/mol. The van der Waals surface area contributed by atoms with Gasteiger partial charge in [-0.3, -0.25) is 14.4 Å². The number of nitrogens with one attached hydrogen (secondary N) is 1. The molecule has 3 N–H and O–H groups in total. The molecular formula is C10H18N4O3. The summed E-state index contributed by atoms with van der Waals surface area (Å²) in [6.45, 7) is 3.48. The second-order valence-corrected chi connectivity index (χ2v) is 3.87. The van der Waals surface area contributed by atoms with Crippen LogP contribution in [0.5, 0.6) is 0 Å². The van der Waals surface area contributed by atoms with Crippen molar-refractivity contribution in [2.45, 2.75) is 6.92 Å². The highest BCUT2D eigenvalue weighted by Gasteiger charge is 2.22. The van der Waals surface area contributed by atoms with Crippen LogP contribution in [0, 0.1) is 0 Å². The van der Waals surface area contributed by atoms with Gasteiger partial charge in [-0.15, -0.1) is 0 Å². The normalized spacial score (nSPS) is 15.6. The van der Waals surface area contributed by atoms with Gasteiger partial charge in [-0.1, -0.05) is 0 Å². The molecule has 0 atom stereocenters. The van der Waals surface area contributed by atoms with Crippen molar-refractivity contribution in [2.75, 3.05) is 39.3 Å². The van der Waals surface area contributed by atoms with Gasteiger partial charge in [-0.25, -0.2) is 0 Å². The molecule has 7 nitrogen and oxygen atoms in total. The minimum atomic E-state index is -0.347. The molecular weight excluding hydrogens is 224 g/mol. The van der Waals surface area contributed by atoms with E-state index in [4.69, 9.17) is 5.73 Å². The largest absolute Gasteiger partial charge is 0.346 e. The van der Waals surface area contributed by atoms with E-state index in [2.05, 4.69) is 5.32 Å². The van der Waals surface area contributed by atoms with Gasteiger partial charge in [0.1, 0.15) is 0 Å². The molecule has 0 bridgehead atoms. The summed E-state index contributed by atoms with van der Waals surface area (Å²) in [7, 11) is 0. The van der Waals surface area contributed by atoms with Crippen LogP contribution in [0.2, 0.25) is 0 Å². The lowest BCUT2D eigenvalue weighted by atomic mass is 10.3. The second-order valence-electron chi connectivity index (χ2n) is 3.87. The van der Waals surface area contributed by atoms with Crippen LogP contribution in [-0.4, -0.2) is 66.8 Å². The molecule has 3 amide bonds. The van der Waals surface area contributed by atoms with E-state index in [1.54, 1.807) is 9.80 Å². The summed E-state index contributed by atoms with van der Waals surface area (Å²) in [5, 5.41) is 2.43. The topological polar surface area (TPSA) is 95.7 Å². The van der Waals surface area contributed by atoms with Gasteiger partial charge in [0, 0.05) is 33.1 Å². The van der Waals surface area contributed by atoms with Gasteiger partial charge in [-0.05, 0) is 0 Å². The molecule has 1 rings (SSSR count). The molecule has 1 aliphatic heterocycles. The number of rotatable bonds is 3. The first-order chi connectivity index (χ1) is 8.04. The zero-order valence-electron chi connectivity index (χ0n) is 9.94. The summed E-state index contributed by atoms with van der Waals surface area (Å²) in [5.74, 6) is -0.468. The van der Waals surface area contributed by atoms with E-state index in [-0.39, 0.29) is 30.8 Å². The van der Waals surface area contributed by atoms with Gasteiger partial charge in [0.2, 0.25) is 17.7 Å². The van der Waals surface area contributed by atoms with E-state index >= 15 is 0 Å². The third-order valence-corrected chi connectivity index (χ3v) is 2.70.